The Kier molecular flexibility index (Phi) is 3.44. The van der Waals surface area contributed by atoms with Gasteiger partial charge in [-0.2, -0.15) is 0 Å². The predicted octanol–water partition coefficient (Wildman–Crippen LogP) is 1.70. The van der Waals surface area contributed by atoms with Crippen LogP contribution in [0.25, 0.3) is 0 Å². The number of aliphatic hydroxyl groups is 1. The predicted molar refractivity (Wildman–Crippen MR) is 60.4 cm³/mol. The van der Waals surface area contributed by atoms with Gasteiger partial charge >= 0.3 is 0 Å². The third kappa shape index (κ3) is 3.49. The van der Waals surface area contributed by atoms with Gasteiger partial charge in [0.15, 0.2) is 0 Å². The zero-order chi connectivity index (χ0) is 11.7. The van der Waals surface area contributed by atoms with E-state index in [2.05, 4.69) is 33.0 Å². The molecule has 0 bridgehead atoms. The van der Waals surface area contributed by atoms with Crippen molar-refractivity contribution in [1.29, 1.82) is 0 Å². The Morgan fingerprint density at radius 1 is 1.47 bits per heavy atom. The standard InChI is InChI=1S/C12H23NO2/c1-9(11(2,3)4)7-10(15)13-12(8-14)5-6-12/h9,14H,5-8H2,1-4H3,(H,13,15). The smallest absolute Gasteiger partial charge is 0.220 e. The van der Waals surface area contributed by atoms with Crippen LogP contribution in [0.15, 0.2) is 0 Å². The van der Waals surface area contributed by atoms with Crippen LogP contribution in [0.3, 0.4) is 0 Å². The van der Waals surface area contributed by atoms with E-state index in [0.717, 1.165) is 12.8 Å². The lowest BCUT2D eigenvalue weighted by Gasteiger charge is -2.27. The largest absolute Gasteiger partial charge is 0.394 e. The minimum Gasteiger partial charge on any atom is -0.394 e. The summed E-state index contributed by atoms with van der Waals surface area (Å²) in [6.07, 6.45) is 2.38. The summed E-state index contributed by atoms with van der Waals surface area (Å²) < 4.78 is 0. The Morgan fingerprint density at radius 3 is 2.33 bits per heavy atom. The number of hydrogen-bond acceptors (Lipinski definition) is 2. The molecule has 0 heterocycles. The topological polar surface area (TPSA) is 49.3 Å². The number of nitrogens with one attached hydrogen (secondary N) is 1. The van der Waals surface area contributed by atoms with E-state index < -0.39 is 0 Å². The average Bonchev–Trinajstić information content (AvgIpc) is 2.83. The first-order valence-corrected chi connectivity index (χ1v) is 5.71. The van der Waals surface area contributed by atoms with Crippen molar-refractivity contribution >= 4 is 5.91 Å². The van der Waals surface area contributed by atoms with Gasteiger partial charge in [-0.15, -0.1) is 0 Å². The fourth-order valence-electron chi connectivity index (χ4n) is 1.40. The Hall–Kier alpha value is -0.570. The normalized spacial score (nSPS) is 20.9. The van der Waals surface area contributed by atoms with Gasteiger partial charge in [-0.1, -0.05) is 27.7 Å². The molecule has 1 aliphatic rings. The summed E-state index contributed by atoms with van der Waals surface area (Å²) in [4.78, 5) is 11.7. The molecule has 1 fully saturated rings. The van der Waals surface area contributed by atoms with Crippen LogP contribution in [0.1, 0.15) is 47.0 Å². The lowest BCUT2D eigenvalue weighted by atomic mass is 9.80. The summed E-state index contributed by atoms with van der Waals surface area (Å²) >= 11 is 0. The molecule has 0 aromatic heterocycles. The van der Waals surface area contributed by atoms with Crippen molar-refractivity contribution in [2.45, 2.75) is 52.5 Å². The number of rotatable bonds is 4. The Labute approximate surface area is 92.3 Å². The number of carbonyl (C=O) groups is 1. The zero-order valence-electron chi connectivity index (χ0n) is 10.3. The first-order valence-electron chi connectivity index (χ1n) is 5.71. The highest BCUT2D eigenvalue weighted by atomic mass is 16.3. The molecule has 0 aliphatic heterocycles. The highest BCUT2D eigenvalue weighted by molar-refractivity contribution is 5.77. The summed E-state index contributed by atoms with van der Waals surface area (Å²) in [6, 6.07) is 0. The lowest BCUT2D eigenvalue weighted by molar-refractivity contribution is -0.124. The summed E-state index contributed by atoms with van der Waals surface area (Å²) in [5, 5.41) is 12.0. The number of hydrogen-bond donors (Lipinski definition) is 2. The summed E-state index contributed by atoms with van der Waals surface area (Å²) in [7, 11) is 0. The molecule has 1 rings (SSSR count). The first kappa shape index (κ1) is 12.5. The van der Waals surface area contributed by atoms with E-state index in [4.69, 9.17) is 5.11 Å². The Bertz CT molecular complexity index is 238. The van der Waals surface area contributed by atoms with Gasteiger partial charge in [0.25, 0.3) is 0 Å². The second kappa shape index (κ2) is 4.12. The second-order valence-electron chi connectivity index (χ2n) is 5.96. The minimum atomic E-state index is -0.269. The number of aliphatic hydroxyl groups excluding tert-OH is 1. The Morgan fingerprint density at radius 2 is 2.00 bits per heavy atom. The van der Waals surface area contributed by atoms with Crippen molar-refractivity contribution in [3.05, 3.63) is 0 Å². The van der Waals surface area contributed by atoms with Gasteiger partial charge in [0.1, 0.15) is 0 Å². The molecule has 1 unspecified atom stereocenters. The maximum absolute atomic E-state index is 11.7. The maximum atomic E-state index is 11.7. The van der Waals surface area contributed by atoms with Crippen LogP contribution < -0.4 is 5.32 Å². The molecule has 3 heteroatoms. The van der Waals surface area contributed by atoms with E-state index in [9.17, 15) is 4.79 Å². The molecule has 3 nitrogen and oxygen atoms in total. The van der Waals surface area contributed by atoms with Gasteiger partial charge in [-0.25, -0.2) is 0 Å². The molecule has 0 spiro atoms. The van der Waals surface area contributed by atoms with Crippen LogP contribution >= 0.6 is 0 Å². The molecule has 0 radical (unpaired) electrons. The zero-order valence-corrected chi connectivity index (χ0v) is 10.3. The molecule has 1 saturated carbocycles. The van der Waals surface area contributed by atoms with E-state index in [0.29, 0.717) is 12.3 Å². The number of amides is 1. The van der Waals surface area contributed by atoms with Crippen LogP contribution in [0.4, 0.5) is 0 Å². The lowest BCUT2D eigenvalue weighted by Crippen LogP contribution is -2.41. The fraction of sp³-hybridized carbons (Fsp3) is 0.917. The highest BCUT2D eigenvalue weighted by Gasteiger charge is 2.43. The van der Waals surface area contributed by atoms with E-state index in [1.165, 1.54) is 0 Å². The van der Waals surface area contributed by atoms with Crippen molar-refractivity contribution in [3.63, 3.8) is 0 Å². The number of carbonyl (C=O) groups excluding carboxylic acids is 1. The third-order valence-electron chi connectivity index (χ3n) is 3.53. The van der Waals surface area contributed by atoms with Gasteiger partial charge in [0.2, 0.25) is 5.91 Å². The SMILES string of the molecule is CC(CC(=O)NC1(CO)CC1)C(C)(C)C. The molecular formula is C12H23NO2. The first-order chi connectivity index (χ1) is 6.79. The highest BCUT2D eigenvalue weighted by Crippen LogP contribution is 2.35. The second-order valence-corrected chi connectivity index (χ2v) is 5.96. The van der Waals surface area contributed by atoms with Crippen LogP contribution in [0, 0.1) is 11.3 Å². The molecule has 2 N–H and O–H groups in total. The van der Waals surface area contributed by atoms with E-state index >= 15 is 0 Å². The summed E-state index contributed by atoms with van der Waals surface area (Å²) in [6.45, 7) is 8.60. The summed E-state index contributed by atoms with van der Waals surface area (Å²) in [5.41, 5.74) is -0.109. The van der Waals surface area contributed by atoms with Gasteiger partial charge in [0, 0.05) is 6.42 Å². The van der Waals surface area contributed by atoms with Crippen LogP contribution in [-0.2, 0) is 4.79 Å². The fourth-order valence-corrected chi connectivity index (χ4v) is 1.40. The van der Waals surface area contributed by atoms with E-state index in [1.807, 2.05) is 0 Å². The van der Waals surface area contributed by atoms with Crippen LogP contribution in [0.2, 0.25) is 0 Å². The van der Waals surface area contributed by atoms with Crippen LogP contribution in [0.5, 0.6) is 0 Å². The monoisotopic (exact) mass is 213 g/mol. The molecule has 1 atom stereocenters. The van der Waals surface area contributed by atoms with Crippen molar-refractivity contribution in [2.24, 2.45) is 11.3 Å². The van der Waals surface area contributed by atoms with E-state index in [-0.39, 0.29) is 23.5 Å². The van der Waals surface area contributed by atoms with Crippen molar-refractivity contribution in [3.8, 4) is 0 Å². The van der Waals surface area contributed by atoms with E-state index in [1.54, 1.807) is 0 Å². The van der Waals surface area contributed by atoms with Crippen molar-refractivity contribution < 1.29 is 9.90 Å². The van der Waals surface area contributed by atoms with Crippen molar-refractivity contribution in [1.82, 2.24) is 5.32 Å². The molecule has 0 aromatic carbocycles. The van der Waals surface area contributed by atoms with Crippen LogP contribution in [-0.4, -0.2) is 23.2 Å². The molecular weight excluding hydrogens is 190 g/mol. The molecule has 15 heavy (non-hydrogen) atoms. The molecule has 1 aliphatic carbocycles. The molecule has 0 aromatic rings. The third-order valence-corrected chi connectivity index (χ3v) is 3.53. The molecule has 88 valence electrons. The molecule has 0 saturated heterocycles. The van der Waals surface area contributed by atoms with Gasteiger partial charge in [0.05, 0.1) is 12.1 Å². The van der Waals surface area contributed by atoms with Gasteiger partial charge < -0.3 is 10.4 Å². The van der Waals surface area contributed by atoms with Gasteiger partial charge in [-0.3, -0.25) is 4.79 Å². The minimum absolute atomic E-state index is 0.0721. The van der Waals surface area contributed by atoms with Crippen molar-refractivity contribution in [2.75, 3.05) is 6.61 Å². The Balaban J connectivity index is 2.36. The summed E-state index contributed by atoms with van der Waals surface area (Å²) in [5.74, 6) is 0.427. The molecule has 1 amide bonds. The van der Waals surface area contributed by atoms with Gasteiger partial charge in [-0.05, 0) is 24.2 Å². The average molecular weight is 213 g/mol. The quantitative estimate of drug-likeness (QED) is 0.746. The maximum Gasteiger partial charge on any atom is 0.220 e.